The Labute approximate surface area is 188 Å². The zero-order chi connectivity index (χ0) is 23.2. The monoisotopic (exact) mass is 466 g/mol. The lowest BCUT2D eigenvalue weighted by Gasteiger charge is -2.32. The Morgan fingerprint density at radius 2 is 1.61 bits per heavy atom. The van der Waals surface area contributed by atoms with Gasteiger partial charge in [-0.25, -0.2) is 4.31 Å². The van der Waals surface area contributed by atoms with Crippen molar-refractivity contribution in [3.8, 4) is 0 Å². The molecule has 0 bridgehead atoms. The number of halogens is 1. The second kappa shape index (κ2) is 10.6. The molecular weight excluding hydrogens is 440 g/mol. The maximum atomic E-state index is 13.3. The molecule has 0 fully saturated rings. The summed E-state index contributed by atoms with van der Waals surface area (Å²) in [6.45, 7) is 1.26. The van der Waals surface area contributed by atoms with Gasteiger partial charge in [-0.15, -0.1) is 0 Å². The molecule has 0 aliphatic rings. The number of hydrogen-bond acceptors (Lipinski definition) is 4. The van der Waals surface area contributed by atoms with Crippen LogP contribution in [0.2, 0.25) is 5.02 Å². The number of benzene rings is 2. The largest absolute Gasteiger partial charge is 0.357 e. The highest BCUT2D eigenvalue weighted by molar-refractivity contribution is 7.90. The molecule has 0 aromatic heterocycles. The first kappa shape index (κ1) is 24.6. The van der Waals surface area contributed by atoms with E-state index in [-0.39, 0.29) is 12.5 Å². The lowest BCUT2D eigenvalue weighted by molar-refractivity contribution is -0.139. The van der Waals surface area contributed by atoms with Crippen LogP contribution in [0.3, 0.4) is 0 Å². The van der Waals surface area contributed by atoms with Gasteiger partial charge in [0.25, 0.3) is 0 Å². The van der Waals surface area contributed by atoms with Crippen molar-refractivity contribution >= 4 is 39.3 Å². The number of nitrogens with zero attached hydrogens (tertiary/aromatic N) is 3. The van der Waals surface area contributed by atoms with Crippen LogP contribution in [0.25, 0.3) is 0 Å². The number of nitrogens with one attached hydrogen (secondary N) is 1. The summed E-state index contributed by atoms with van der Waals surface area (Å²) in [5.74, 6) is -0.871. The van der Waals surface area contributed by atoms with E-state index < -0.39 is 28.7 Å². The fourth-order valence-electron chi connectivity index (χ4n) is 2.89. The van der Waals surface area contributed by atoms with E-state index in [0.717, 1.165) is 14.2 Å². The highest BCUT2D eigenvalue weighted by atomic mass is 35.5. The zero-order valence-corrected chi connectivity index (χ0v) is 19.5. The van der Waals surface area contributed by atoms with E-state index in [1.54, 1.807) is 61.5 Å². The van der Waals surface area contributed by atoms with Crippen LogP contribution in [-0.2, 0) is 26.3 Å². The first-order valence-electron chi connectivity index (χ1n) is 9.58. The highest BCUT2D eigenvalue weighted by Gasteiger charge is 2.32. The number of carbonyl (C=O) groups excluding carboxylic acids is 2. The fraction of sp³-hybridized carbons (Fsp3) is 0.333. The second-order valence-electron chi connectivity index (χ2n) is 7.07. The minimum absolute atomic E-state index is 0.120. The van der Waals surface area contributed by atoms with Gasteiger partial charge in [0.2, 0.25) is 11.8 Å². The molecule has 0 saturated heterocycles. The van der Waals surface area contributed by atoms with E-state index in [4.69, 9.17) is 11.6 Å². The zero-order valence-electron chi connectivity index (χ0n) is 17.9. The van der Waals surface area contributed by atoms with Crippen LogP contribution in [0.15, 0.2) is 54.6 Å². The Hall–Kier alpha value is -2.62. The fourth-order valence-corrected chi connectivity index (χ4v) is 4.07. The SMILES string of the molecule is CNC(=O)[C@H](C)N(Cc1ccc(Cl)cc1)C(=O)CN(c1ccccc1)S(=O)(=O)N(C)C. The minimum atomic E-state index is -3.95. The van der Waals surface area contributed by atoms with E-state index in [1.165, 1.54) is 26.0 Å². The van der Waals surface area contributed by atoms with Gasteiger partial charge in [0.1, 0.15) is 12.6 Å². The molecule has 2 aromatic carbocycles. The molecule has 2 rings (SSSR count). The van der Waals surface area contributed by atoms with Gasteiger partial charge in [0.15, 0.2) is 0 Å². The highest BCUT2D eigenvalue weighted by Crippen LogP contribution is 2.20. The quantitative estimate of drug-likeness (QED) is 0.613. The van der Waals surface area contributed by atoms with E-state index in [9.17, 15) is 18.0 Å². The lowest BCUT2D eigenvalue weighted by Crippen LogP contribution is -2.52. The van der Waals surface area contributed by atoms with Crippen molar-refractivity contribution < 1.29 is 18.0 Å². The smallest absolute Gasteiger partial charge is 0.304 e. The maximum Gasteiger partial charge on any atom is 0.304 e. The second-order valence-corrected chi connectivity index (χ2v) is 9.57. The average molecular weight is 467 g/mol. The average Bonchev–Trinajstić information content (AvgIpc) is 2.76. The molecule has 0 saturated carbocycles. The Morgan fingerprint density at radius 1 is 1.03 bits per heavy atom. The Kier molecular flexibility index (Phi) is 8.43. The number of rotatable bonds is 9. The van der Waals surface area contributed by atoms with Crippen LogP contribution in [0.1, 0.15) is 12.5 Å². The molecule has 0 aliphatic heterocycles. The molecule has 2 amide bonds. The van der Waals surface area contributed by atoms with E-state index in [0.29, 0.717) is 10.7 Å². The summed E-state index contributed by atoms with van der Waals surface area (Å²) in [5.41, 5.74) is 1.11. The third-order valence-corrected chi connectivity index (χ3v) is 6.81. The van der Waals surface area contributed by atoms with Crippen molar-refractivity contribution in [1.82, 2.24) is 14.5 Å². The van der Waals surface area contributed by atoms with Crippen molar-refractivity contribution in [2.75, 3.05) is 32.0 Å². The first-order valence-corrected chi connectivity index (χ1v) is 11.4. The molecular formula is C21H27ClN4O4S. The Bertz CT molecular complexity index is 998. The Morgan fingerprint density at radius 3 is 2.13 bits per heavy atom. The van der Waals surface area contributed by atoms with Crippen molar-refractivity contribution in [1.29, 1.82) is 0 Å². The molecule has 0 aliphatic carbocycles. The third kappa shape index (κ3) is 6.19. The number of amides is 2. The van der Waals surface area contributed by atoms with Gasteiger partial charge >= 0.3 is 10.2 Å². The summed E-state index contributed by atoms with van der Waals surface area (Å²) in [6.07, 6.45) is 0. The molecule has 1 N–H and O–H groups in total. The summed E-state index contributed by atoms with van der Waals surface area (Å²) in [5, 5.41) is 3.08. The van der Waals surface area contributed by atoms with Crippen LogP contribution in [0, 0.1) is 0 Å². The molecule has 8 nitrogen and oxygen atoms in total. The van der Waals surface area contributed by atoms with Crippen LogP contribution < -0.4 is 9.62 Å². The third-order valence-electron chi connectivity index (χ3n) is 4.74. The van der Waals surface area contributed by atoms with Crippen molar-refractivity contribution in [3.63, 3.8) is 0 Å². The van der Waals surface area contributed by atoms with Crippen molar-refractivity contribution in [2.45, 2.75) is 19.5 Å². The lowest BCUT2D eigenvalue weighted by atomic mass is 10.1. The van der Waals surface area contributed by atoms with E-state index in [2.05, 4.69) is 5.32 Å². The number of hydrogen-bond donors (Lipinski definition) is 1. The van der Waals surface area contributed by atoms with Crippen LogP contribution >= 0.6 is 11.6 Å². The molecule has 1 atom stereocenters. The molecule has 168 valence electrons. The predicted octanol–water partition coefficient (Wildman–Crippen LogP) is 2.12. The molecule has 31 heavy (non-hydrogen) atoms. The number of likely N-dealkylation sites (N-methyl/N-ethyl adjacent to an activating group) is 1. The molecule has 2 aromatic rings. The first-order chi connectivity index (χ1) is 14.6. The molecule has 0 radical (unpaired) electrons. The Balaban J connectivity index is 2.40. The standard InChI is InChI=1S/C21H27ClN4O4S/c1-16(21(28)23-2)25(14-17-10-12-18(22)13-11-17)20(27)15-26(31(29,30)24(3)4)19-8-6-5-7-9-19/h5-13,16H,14-15H2,1-4H3,(H,23,28)/t16-/m0/s1. The molecule has 0 spiro atoms. The summed E-state index contributed by atoms with van der Waals surface area (Å²) in [7, 11) is 0.328. The molecule has 0 unspecified atom stereocenters. The molecule has 10 heteroatoms. The van der Waals surface area contributed by atoms with Gasteiger partial charge in [-0.2, -0.15) is 12.7 Å². The van der Waals surface area contributed by atoms with E-state index in [1.807, 2.05) is 0 Å². The van der Waals surface area contributed by atoms with Gasteiger partial charge in [0.05, 0.1) is 5.69 Å². The maximum absolute atomic E-state index is 13.3. The van der Waals surface area contributed by atoms with Crippen LogP contribution in [0.4, 0.5) is 5.69 Å². The topological polar surface area (TPSA) is 90.0 Å². The van der Waals surface area contributed by atoms with Crippen molar-refractivity contribution in [2.24, 2.45) is 0 Å². The van der Waals surface area contributed by atoms with Gasteiger partial charge in [0, 0.05) is 32.7 Å². The normalized spacial score (nSPS) is 12.3. The van der Waals surface area contributed by atoms with Gasteiger partial charge in [-0.05, 0) is 36.8 Å². The summed E-state index contributed by atoms with van der Waals surface area (Å²) in [6, 6.07) is 14.4. The minimum Gasteiger partial charge on any atom is -0.357 e. The van der Waals surface area contributed by atoms with Crippen molar-refractivity contribution in [3.05, 3.63) is 65.2 Å². The number of anilines is 1. The van der Waals surface area contributed by atoms with E-state index >= 15 is 0 Å². The summed E-state index contributed by atoms with van der Waals surface area (Å²) >= 11 is 5.94. The van der Waals surface area contributed by atoms with Crippen LogP contribution in [-0.4, -0.2) is 63.2 Å². The molecule has 0 heterocycles. The predicted molar refractivity (Wildman–Crippen MR) is 122 cm³/mol. The van der Waals surface area contributed by atoms with Gasteiger partial charge < -0.3 is 10.2 Å². The van der Waals surface area contributed by atoms with Crippen LogP contribution in [0.5, 0.6) is 0 Å². The van der Waals surface area contributed by atoms with Gasteiger partial charge in [-0.3, -0.25) is 9.59 Å². The summed E-state index contributed by atoms with van der Waals surface area (Å²) in [4.78, 5) is 27.0. The number of carbonyl (C=O) groups is 2. The van der Waals surface area contributed by atoms with Gasteiger partial charge in [-0.1, -0.05) is 41.9 Å². The number of para-hydroxylation sites is 1. The summed E-state index contributed by atoms with van der Waals surface area (Å²) < 4.78 is 27.9.